The highest BCUT2D eigenvalue weighted by Gasteiger charge is 2.20. The number of nitro groups is 1. The number of nitro benzene ring substituents is 1. The summed E-state index contributed by atoms with van der Waals surface area (Å²) in [6.07, 6.45) is 2.09. The van der Waals surface area contributed by atoms with Gasteiger partial charge in [0.15, 0.2) is 0 Å². The molecule has 0 aliphatic carbocycles. The number of nitrogens with zero attached hydrogens (tertiary/aromatic N) is 2. The van der Waals surface area contributed by atoms with Crippen molar-refractivity contribution in [1.29, 1.82) is 0 Å². The summed E-state index contributed by atoms with van der Waals surface area (Å²) in [5.74, 6) is 0. The summed E-state index contributed by atoms with van der Waals surface area (Å²) in [6.45, 7) is 0.159. The fourth-order valence-corrected chi connectivity index (χ4v) is 3.41. The summed E-state index contributed by atoms with van der Waals surface area (Å²) in [7, 11) is -3.82. The average molecular weight is 348 g/mol. The number of hydrogen-bond donors (Lipinski definition) is 1. The molecule has 0 spiro atoms. The highest BCUT2D eigenvalue weighted by Crippen LogP contribution is 2.26. The quantitative estimate of drug-likeness (QED) is 0.637. The van der Waals surface area contributed by atoms with Gasteiger partial charge in [0.25, 0.3) is 5.69 Å². The van der Waals surface area contributed by atoms with Gasteiger partial charge >= 0.3 is 0 Å². The minimum atomic E-state index is -3.82. The van der Waals surface area contributed by atoms with Crippen molar-refractivity contribution in [2.75, 3.05) is 6.54 Å². The van der Waals surface area contributed by atoms with Crippen LogP contribution in [-0.2, 0) is 16.4 Å². The van der Waals surface area contributed by atoms with Gasteiger partial charge < -0.3 is 0 Å². The molecule has 112 valence electrons. The molecule has 1 heterocycles. The Kier molecular flexibility index (Phi) is 4.88. The molecule has 1 aromatic heterocycles. The molecule has 0 saturated carbocycles. The third kappa shape index (κ3) is 3.97. The van der Waals surface area contributed by atoms with Crippen molar-refractivity contribution >= 4 is 38.6 Å². The SMILES string of the molecule is O=[N+]([O-])c1cc(S(=O)(=O)NCCc2nccs2)ccc1Cl. The highest BCUT2D eigenvalue weighted by atomic mass is 35.5. The van der Waals surface area contributed by atoms with Crippen LogP contribution in [-0.4, -0.2) is 24.9 Å². The zero-order valence-corrected chi connectivity index (χ0v) is 12.9. The molecule has 0 aliphatic heterocycles. The molecular formula is C11H10ClN3O4S2. The first-order chi connectivity index (χ1) is 9.90. The lowest BCUT2D eigenvalue weighted by molar-refractivity contribution is -0.384. The van der Waals surface area contributed by atoms with Crippen LogP contribution in [0.2, 0.25) is 5.02 Å². The molecule has 21 heavy (non-hydrogen) atoms. The summed E-state index contributed by atoms with van der Waals surface area (Å²) >= 11 is 7.07. The molecular weight excluding hydrogens is 338 g/mol. The van der Waals surface area contributed by atoms with Gasteiger partial charge in [0.05, 0.1) is 14.8 Å². The molecule has 0 unspecified atom stereocenters. The van der Waals surface area contributed by atoms with E-state index in [1.165, 1.54) is 23.5 Å². The Labute approximate surface area is 129 Å². The molecule has 0 aliphatic rings. The van der Waals surface area contributed by atoms with Crippen LogP contribution in [0.1, 0.15) is 5.01 Å². The Morgan fingerprint density at radius 3 is 2.81 bits per heavy atom. The topological polar surface area (TPSA) is 102 Å². The van der Waals surface area contributed by atoms with Gasteiger partial charge in [-0.1, -0.05) is 11.6 Å². The minimum Gasteiger partial charge on any atom is -0.258 e. The minimum absolute atomic E-state index is 0.110. The van der Waals surface area contributed by atoms with Gasteiger partial charge in [-0.25, -0.2) is 18.1 Å². The van der Waals surface area contributed by atoms with Crippen molar-refractivity contribution in [2.45, 2.75) is 11.3 Å². The Morgan fingerprint density at radius 1 is 1.43 bits per heavy atom. The molecule has 2 rings (SSSR count). The number of aromatic nitrogens is 1. The van der Waals surface area contributed by atoms with Gasteiger partial charge in [-0.15, -0.1) is 11.3 Å². The van der Waals surface area contributed by atoms with Crippen molar-refractivity contribution in [3.8, 4) is 0 Å². The predicted molar refractivity (Wildman–Crippen MR) is 79.1 cm³/mol. The molecule has 7 nitrogen and oxygen atoms in total. The van der Waals surface area contributed by atoms with E-state index < -0.39 is 20.6 Å². The largest absolute Gasteiger partial charge is 0.289 e. The zero-order valence-electron chi connectivity index (χ0n) is 10.5. The van der Waals surface area contributed by atoms with Gasteiger partial charge in [0, 0.05) is 30.6 Å². The highest BCUT2D eigenvalue weighted by molar-refractivity contribution is 7.89. The smallest absolute Gasteiger partial charge is 0.258 e. The standard InChI is InChI=1S/C11H10ClN3O4S2/c12-9-2-1-8(7-10(9)15(16)17)21(18,19)14-4-3-11-13-5-6-20-11/h1-2,5-7,14H,3-4H2. The van der Waals surface area contributed by atoms with Crippen LogP contribution in [0.25, 0.3) is 0 Å². The van der Waals surface area contributed by atoms with E-state index in [1.807, 2.05) is 0 Å². The van der Waals surface area contributed by atoms with E-state index >= 15 is 0 Å². The zero-order chi connectivity index (χ0) is 15.5. The molecule has 0 saturated heterocycles. The third-order valence-corrected chi connectivity index (χ3v) is 5.16. The summed E-state index contributed by atoms with van der Waals surface area (Å²) in [4.78, 5) is 13.9. The van der Waals surface area contributed by atoms with E-state index in [0.29, 0.717) is 6.42 Å². The summed E-state index contributed by atoms with van der Waals surface area (Å²) in [6, 6.07) is 3.35. The van der Waals surface area contributed by atoms with Gasteiger partial charge in [-0.3, -0.25) is 10.1 Å². The van der Waals surface area contributed by atoms with Crippen molar-refractivity contribution in [3.63, 3.8) is 0 Å². The van der Waals surface area contributed by atoms with Crippen LogP contribution < -0.4 is 4.72 Å². The fourth-order valence-electron chi connectivity index (χ4n) is 1.55. The van der Waals surface area contributed by atoms with Crippen molar-refractivity contribution in [3.05, 3.63) is 49.9 Å². The molecule has 1 aromatic carbocycles. The Bertz CT molecular complexity index is 747. The first-order valence-electron chi connectivity index (χ1n) is 5.72. The first-order valence-corrected chi connectivity index (χ1v) is 8.46. The van der Waals surface area contributed by atoms with E-state index in [2.05, 4.69) is 9.71 Å². The summed E-state index contributed by atoms with van der Waals surface area (Å²) in [5.41, 5.74) is -0.445. The number of thiazole rings is 1. The van der Waals surface area contributed by atoms with E-state index in [9.17, 15) is 18.5 Å². The fraction of sp³-hybridized carbons (Fsp3) is 0.182. The second-order valence-corrected chi connectivity index (χ2v) is 7.10. The maximum Gasteiger partial charge on any atom is 0.289 e. The number of nitrogens with one attached hydrogen (secondary N) is 1. The lowest BCUT2D eigenvalue weighted by Crippen LogP contribution is -2.26. The second kappa shape index (κ2) is 6.48. The van der Waals surface area contributed by atoms with E-state index in [-0.39, 0.29) is 16.5 Å². The second-order valence-electron chi connectivity index (χ2n) is 3.94. The van der Waals surface area contributed by atoms with Gasteiger partial charge in [0.1, 0.15) is 5.02 Å². The maximum atomic E-state index is 12.1. The van der Waals surface area contributed by atoms with Crippen LogP contribution in [0, 0.1) is 10.1 Å². The lowest BCUT2D eigenvalue weighted by Gasteiger charge is -2.06. The van der Waals surface area contributed by atoms with Crippen LogP contribution >= 0.6 is 22.9 Å². The molecule has 2 aromatic rings. The number of benzene rings is 1. The van der Waals surface area contributed by atoms with Gasteiger partial charge in [0.2, 0.25) is 10.0 Å². The van der Waals surface area contributed by atoms with Crippen LogP contribution in [0.3, 0.4) is 0 Å². The average Bonchev–Trinajstić information content (AvgIpc) is 2.91. The molecule has 0 fully saturated rings. The monoisotopic (exact) mass is 347 g/mol. The third-order valence-electron chi connectivity index (χ3n) is 2.54. The Morgan fingerprint density at radius 2 is 2.19 bits per heavy atom. The molecule has 0 amide bonds. The molecule has 0 atom stereocenters. The van der Waals surface area contributed by atoms with Crippen LogP contribution in [0.15, 0.2) is 34.7 Å². The number of halogens is 1. The number of rotatable bonds is 6. The van der Waals surface area contributed by atoms with Crippen LogP contribution in [0.5, 0.6) is 0 Å². The Hall–Kier alpha value is -1.55. The van der Waals surface area contributed by atoms with E-state index in [0.717, 1.165) is 11.1 Å². The first kappa shape index (κ1) is 15.8. The lowest BCUT2D eigenvalue weighted by atomic mass is 10.3. The van der Waals surface area contributed by atoms with E-state index in [1.54, 1.807) is 11.6 Å². The van der Waals surface area contributed by atoms with E-state index in [4.69, 9.17) is 11.6 Å². The molecule has 10 heteroatoms. The number of sulfonamides is 1. The van der Waals surface area contributed by atoms with Gasteiger partial charge in [-0.05, 0) is 12.1 Å². The van der Waals surface area contributed by atoms with Crippen molar-refractivity contribution in [1.82, 2.24) is 9.71 Å². The summed E-state index contributed by atoms with van der Waals surface area (Å²) < 4.78 is 26.5. The van der Waals surface area contributed by atoms with Crippen LogP contribution in [0.4, 0.5) is 5.69 Å². The Balaban J connectivity index is 2.12. The normalized spacial score (nSPS) is 11.5. The van der Waals surface area contributed by atoms with Crippen molar-refractivity contribution in [2.24, 2.45) is 0 Å². The summed E-state index contributed by atoms with van der Waals surface area (Å²) in [5, 5.41) is 13.3. The maximum absolute atomic E-state index is 12.1. The van der Waals surface area contributed by atoms with Gasteiger partial charge in [-0.2, -0.15) is 0 Å². The molecule has 0 radical (unpaired) electrons. The number of hydrogen-bond acceptors (Lipinski definition) is 6. The van der Waals surface area contributed by atoms with Crippen molar-refractivity contribution < 1.29 is 13.3 Å². The molecule has 1 N–H and O–H groups in total. The predicted octanol–water partition coefficient (Wildman–Crippen LogP) is 2.23. The molecule has 0 bridgehead atoms.